The number of para-hydroxylation sites is 1. The van der Waals surface area contributed by atoms with E-state index in [1.807, 2.05) is 30.5 Å². The van der Waals surface area contributed by atoms with Crippen molar-refractivity contribution in [1.82, 2.24) is 4.90 Å². The molecule has 0 bridgehead atoms. The summed E-state index contributed by atoms with van der Waals surface area (Å²) in [6.07, 6.45) is 1.93. The number of rotatable bonds is 8. The Balaban J connectivity index is 1.88. The maximum absolute atomic E-state index is 12.2. The number of benzene rings is 2. The molecule has 28 heavy (non-hydrogen) atoms. The number of nitrogens with zero attached hydrogens (tertiary/aromatic N) is 2. The molecular weight excluding hydrogens is 448 g/mol. The Kier molecular flexibility index (Phi) is 7.97. The molecule has 0 spiro atoms. The highest BCUT2D eigenvalue weighted by Crippen LogP contribution is 2.27. The molecule has 10 heteroatoms. The van der Waals surface area contributed by atoms with E-state index in [0.29, 0.717) is 10.2 Å². The van der Waals surface area contributed by atoms with Gasteiger partial charge in [0.15, 0.2) is 0 Å². The number of thioether (sulfide) groups is 1. The van der Waals surface area contributed by atoms with E-state index in [4.69, 9.17) is 0 Å². The predicted molar refractivity (Wildman–Crippen MR) is 114 cm³/mol. The molecule has 0 saturated carbocycles. The number of halogens is 1. The zero-order valence-corrected chi connectivity index (χ0v) is 17.7. The standard InChI is InChI=1S/C18H19BrN4O4S/c1-22(11-18(25)21-15-5-3-4-6-16(15)28-2)10-17(24)20-14-8-7-12(23(26)27)9-13(14)19/h3-9H,10-11H2,1-2H3,(H,20,24)(H,21,25). The van der Waals surface area contributed by atoms with E-state index in [1.54, 1.807) is 11.9 Å². The monoisotopic (exact) mass is 466 g/mol. The Morgan fingerprint density at radius 3 is 2.29 bits per heavy atom. The van der Waals surface area contributed by atoms with Gasteiger partial charge < -0.3 is 10.6 Å². The van der Waals surface area contributed by atoms with E-state index in [2.05, 4.69) is 26.6 Å². The van der Waals surface area contributed by atoms with Gasteiger partial charge in [-0.1, -0.05) is 12.1 Å². The number of carbonyl (C=O) groups is 2. The number of nitrogens with one attached hydrogen (secondary N) is 2. The van der Waals surface area contributed by atoms with Gasteiger partial charge in [0.05, 0.1) is 29.4 Å². The second-order valence-electron chi connectivity index (χ2n) is 5.89. The van der Waals surface area contributed by atoms with Crippen molar-refractivity contribution < 1.29 is 14.5 Å². The van der Waals surface area contributed by atoms with Crippen LogP contribution in [-0.2, 0) is 9.59 Å². The third-order valence-corrected chi connectivity index (χ3v) is 5.10. The first kappa shape index (κ1) is 21.9. The summed E-state index contributed by atoms with van der Waals surface area (Å²) in [7, 11) is 1.66. The first-order chi connectivity index (χ1) is 13.3. The third kappa shape index (κ3) is 6.32. The maximum Gasteiger partial charge on any atom is 0.270 e. The number of non-ortho nitro benzene ring substituents is 1. The van der Waals surface area contributed by atoms with E-state index in [0.717, 1.165) is 10.6 Å². The van der Waals surface area contributed by atoms with Gasteiger partial charge >= 0.3 is 0 Å². The first-order valence-electron chi connectivity index (χ1n) is 8.15. The van der Waals surface area contributed by atoms with Crippen LogP contribution in [0.2, 0.25) is 0 Å². The van der Waals surface area contributed by atoms with Crippen LogP contribution in [0.4, 0.5) is 17.1 Å². The van der Waals surface area contributed by atoms with Gasteiger partial charge in [-0.3, -0.25) is 24.6 Å². The lowest BCUT2D eigenvalue weighted by atomic mass is 10.3. The fourth-order valence-electron chi connectivity index (χ4n) is 2.39. The molecule has 8 nitrogen and oxygen atoms in total. The molecule has 0 fully saturated rings. The van der Waals surface area contributed by atoms with Crippen LogP contribution in [0.25, 0.3) is 0 Å². The van der Waals surface area contributed by atoms with Gasteiger partial charge in [0.25, 0.3) is 5.69 Å². The normalized spacial score (nSPS) is 10.6. The van der Waals surface area contributed by atoms with Crippen LogP contribution < -0.4 is 10.6 Å². The third-order valence-electron chi connectivity index (χ3n) is 3.65. The zero-order chi connectivity index (χ0) is 20.7. The zero-order valence-electron chi connectivity index (χ0n) is 15.3. The molecule has 2 rings (SSSR count). The number of hydrogen-bond donors (Lipinski definition) is 2. The van der Waals surface area contributed by atoms with Crippen LogP contribution in [0.5, 0.6) is 0 Å². The van der Waals surface area contributed by atoms with E-state index >= 15 is 0 Å². The smallest absolute Gasteiger partial charge is 0.270 e. The number of hydrogen-bond acceptors (Lipinski definition) is 6. The highest BCUT2D eigenvalue weighted by molar-refractivity contribution is 9.10. The van der Waals surface area contributed by atoms with Gasteiger partial charge in [0.2, 0.25) is 11.8 Å². The molecule has 0 aromatic heterocycles. The Bertz CT molecular complexity index is 894. The predicted octanol–water partition coefficient (Wildman–Crippen LogP) is 3.59. The first-order valence-corrected chi connectivity index (χ1v) is 10.2. The second kappa shape index (κ2) is 10.2. The van der Waals surface area contributed by atoms with Gasteiger partial charge in [-0.25, -0.2) is 0 Å². The average Bonchev–Trinajstić information content (AvgIpc) is 2.63. The number of anilines is 2. The number of likely N-dealkylation sites (N-methyl/N-ethyl adjacent to an activating group) is 1. The van der Waals surface area contributed by atoms with Crippen molar-refractivity contribution in [3.63, 3.8) is 0 Å². The molecule has 2 N–H and O–H groups in total. The second-order valence-corrected chi connectivity index (χ2v) is 7.59. The Hall–Kier alpha value is -2.43. The molecule has 0 saturated heterocycles. The summed E-state index contributed by atoms with van der Waals surface area (Å²) in [5.41, 5.74) is 1.07. The van der Waals surface area contributed by atoms with Crippen molar-refractivity contribution >= 4 is 56.6 Å². The largest absolute Gasteiger partial charge is 0.324 e. The Morgan fingerprint density at radius 1 is 1.11 bits per heavy atom. The topological polar surface area (TPSA) is 105 Å². The molecule has 0 atom stereocenters. The fourth-order valence-corrected chi connectivity index (χ4v) is 3.41. The quantitative estimate of drug-likeness (QED) is 0.349. The van der Waals surface area contributed by atoms with Crippen molar-refractivity contribution in [3.8, 4) is 0 Å². The van der Waals surface area contributed by atoms with Crippen LogP contribution in [0, 0.1) is 10.1 Å². The van der Waals surface area contributed by atoms with Crippen LogP contribution in [-0.4, -0.2) is 48.0 Å². The highest BCUT2D eigenvalue weighted by atomic mass is 79.9. The molecule has 2 aromatic rings. The molecule has 148 valence electrons. The highest BCUT2D eigenvalue weighted by Gasteiger charge is 2.14. The number of carbonyl (C=O) groups excluding carboxylic acids is 2. The van der Waals surface area contributed by atoms with Gasteiger partial charge in [0, 0.05) is 21.5 Å². The van der Waals surface area contributed by atoms with Crippen LogP contribution in [0.15, 0.2) is 51.8 Å². The lowest BCUT2D eigenvalue weighted by Crippen LogP contribution is -2.36. The van der Waals surface area contributed by atoms with E-state index in [9.17, 15) is 19.7 Å². The number of nitro groups is 1. The summed E-state index contributed by atoms with van der Waals surface area (Å²) >= 11 is 4.74. The minimum absolute atomic E-state index is 0.0129. The summed E-state index contributed by atoms with van der Waals surface area (Å²) in [6.45, 7) is 0.0264. The molecule has 0 aliphatic carbocycles. The minimum Gasteiger partial charge on any atom is -0.324 e. The van der Waals surface area contributed by atoms with Crippen LogP contribution >= 0.6 is 27.7 Å². The van der Waals surface area contributed by atoms with Crippen molar-refractivity contribution in [3.05, 3.63) is 57.1 Å². The summed E-state index contributed by atoms with van der Waals surface area (Å²) in [4.78, 5) is 37.2. The maximum atomic E-state index is 12.2. The lowest BCUT2D eigenvalue weighted by Gasteiger charge is -2.17. The molecular formula is C18H19BrN4O4S. The molecule has 0 heterocycles. The fraction of sp³-hybridized carbons (Fsp3) is 0.222. The number of amides is 2. The van der Waals surface area contributed by atoms with Crippen LogP contribution in [0.1, 0.15) is 0 Å². The van der Waals surface area contributed by atoms with E-state index in [-0.39, 0.29) is 30.6 Å². The summed E-state index contributed by atoms with van der Waals surface area (Å²) in [6, 6.07) is 11.5. The molecule has 2 amide bonds. The summed E-state index contributed by atoms with van der Waals surface area (Å²) in [5.74, 6) is -0.567. The lowest BCUT2D eigenvalue weighted by molar-refractivity contribution is -0.384. The molecule has 0 unspecified atom stereocenters. The molecule has 0 aliphatic rings. The van der Waals surface area contributed by atoms with Crippen molar-refractivity contribution in [2.75, 3.05) is 37.0 Å². The SMILES string of the molecule is CSc1ccccc1NC(=O)CN(C)CC(=O)Nc1ccc([N+](=O)[O-])cc1Br. The van der Waals surface area contributed by atoms with E-state index in [1.165, 1.54) is 30.0 Å². The minimum atomic E-state index is -0.516. The number of nitro benzene ring substituents is 1. The van der Waals surface area contributed by atoms with Gasteiger partial charge in [-0.15, -0.1) is 11.8 Å². The average molecular weight is 467 g/mol. The Morgan fingerprint density at radius 2 is 1.71 bits per heavy atom. The molecule has 0 aliphatic heterocycles. The van der Waals surface area contributed by atoms with Gasteiger partial charge in [0.1, 0.15) is 0 Å². The Labute approximate surface area is 175 Å². The van der Waals surface area contributed by atoms with Crippen molar-refractivity contribution in [1.29, 1.82) is 0 Å². The van der Waals surface area contributed by atoms with Crippen molar-refractivity contribution in [2.45, 2.75) is 4.90 Å². The van der Waals surface area contributed by atoms with Crippen LogP contribution in [0.3, 0.4) is 0 Å². The van der Waals surface area contributed by atoms with Gasteiger partial charge in [-0.05, 0) is 47.4 Å². The van der Waals surface area contributed by atoms with E-state index < -0.39 is 4.92 Å². The summed E-state index contributed by atoms with van der Waals surface area (Å²) in [5, 5.41) is 16.3. The van der Waals surface area contributed by atoms with Gasteiger partial charge in [-0.2, -0.15) is 0 Å². The molecule has 2 aromatic carbocycles. The summed E-state index contributed by atoms with van der Waals surface area (Å²) < 4.78 is 0.407. The molecule has 0 radical (unpaired) electrons. The van der Waals surface area contributed by atoms with Crippen molar-refractivity contribution in [2.24, 2.45) is 0 Å².